The van der Waals surface area contributed by atoms with Gasteiger partial charge in [0, 0.05) is 0 Å². The number of nitrogens with one attached hydrogen (secondary N) is 2. The van der Waals surface area contributed by atoms with Gasteiger partial charge < -0.3 is 9.72 Å². The molecule has 5 heteroatoms. The van der Waals surface area contributed by atoms with Crippen molar-refractivity contribution in [1.29, 1.82) is 0 Å². The van der Waals surface area contributed by atoms with Crippen molar-refractivity contribution >= 4 is 11.9 Å². The van der Waals surface area contributed by atoms with Gasteiger partial charge in [-0.05, 0) is 0 Å². The molecular weight excluding hydrogens is 134 g/mol. The molecule has 0 saturated carbocycles. The van der Waals surface area contributed by atoms with E-state index in [-0.39, 0.29) is 0 Å². The SMILES string of the molecule is COC(=O)Nc1cnc[nH]1. The van der Waals surface area contributed by atoms with Gasteiger partial charge in [-0.1, -0.05) is 0 Å². The highest BCUT2D eigenvalue weighted by atomic mass is 16.5. The van der Waals surface area contributed by atoms with Crippen molar-refractivity contribution in [2.75, 3.05) is 12.4 Å². The number of anilines is 1. The molecule has 1 heterocycles. The molecule has 1 amide bonds. The van der Waals surface area contributed by atoms with E-state index >= 15 is 0 Å². The number of hydrogen-bond acceptors (Lipinski definition) is 3. The Hall–Kier alpha value is -1.52. The number of rotatable bonds is 1. The van der Waals surface area contributed by atoms with E-state index in [1.165, 1.54) is 19.6 Å². The van der Waals surface area contributed by atoms with E-state index in [0.29, 0.717) is 5.82 Å². The number of methoxy groups -OCH3 is 1. The molecule has 0 aliphatic carbocycles. The Balaban J connectivity index is 2.48. The maximum Gasteiger partial charge on any atom is 0.412 e. The third-order valence-corrected chi connectivity index (χ3v) is 0.920. The number of aromatic amines is 1. The van der Waals surface area contributed by atoms with E-state index in [0.717, 1.165) is 0 Å². The predicted octanol–water partition coefficient (Wildman–Crippen LogP) is 0.588. The fraction of sp³-hybridized carbons (Fsp3) is 0.200. The zero-order valence-electron chi connectivity index (χ0n) is 5.42. The van der Waals surface area contributed by atoms with E-state index in [9.17, 15) is 4.79 Å². The number of ether oxygens (including phenoxy) is 1. The first kappa shape index (κ1) is 6.60. The molecule has 0 aliphatic rings. The van der Waals surface area contributed by atoms with Crippen LogP contribution in [0.5, 0.6) is 0 Å². The Morgan fingerprint density at radius 3 is 3.20 bits per heavy atom. The smallest absolute Gasteiger partial charge is 0.412 e. The number of carbonyl (C=O) groups is 1. The number of amides is 1. The second-order valence-corrected chi connectivity index (χ2v) is 1.58. The lowest BCUT2D eigenvalue weighted by Crippen LogP contribution is -2.10. The molecule has 1 aromatic rings. The van der Waals surface area contributed by atoms with E-state index in [4.69, 9.17) is 0 Å². The molecular formula is C5H7N3O2. The van der Waals surface area contributed by atoms with Gasteiger partial charge in [-0.15, -0.1) is 0 Å². The van der Waals surface area contributed by atoms with Gasteiger partial charge in [0.15, 0.2) is 0 Å². The van der Waals surface area contributed by atoms with Crippen molar-refractivity contribution in [3.05, 3.63) is 12.5 Å². The molecule has 0 aromatic carbocycles. The maximum atomic E-state index is 10.5. The monoisotopic (exact) mass is 141 g/mol. The fourth-order valence-corrected chi connectivity index (χ4v) is 0.485. The minimum Gasteiger partial charge on any atom is -0.453 e. The summed E-state index contributed by atoms with van der Waals surface area (Å²) in [7, 11) is 1.30. The molecule has 54 valence electrons. The number of H-pyrrole nitrogens is 1. The summed E-state index contributed by atoms with van der Waals surface area (Å²) in [5.41, 5.74) is 0. The van der Waals surface area contributed by atoms with Gasteiger partial charge in [-0.25, -0.2) is 9.78 Å². The summed E-state index contributed by atoms with van der Waals surface area (Å²) in [5, 5.41) is 2.39. The summed E-state index contributed by atoms with van der Waals surface area (Å²) in [6, 6.07) is 0. The highest BCUT2D eigenvalue weighted by Crippen LogP contribution is 1.97. The molecule has 0 radical (unpaired) electrons. The number of hydrogen-bond donors (Lipinski definition) is 2. The van der Waals surface area contributed by atoms with Crippen molar-refractivity contribution in [3.63, 3.8) is 0 Å². The Bertz CT molecular complexity index is 207. The average molecular weight is 141 g/mol. The summed E-state index contributed by atoms with van der Waals surface area (Å²) in [5.74, 6) is 0.520. The van der Waals surface area contributed by atoms with E-state index in [1.807, 2.05) is 0 Å². The van der Waals surface area contributed by atoms with Crippen LogP contribution >= 0.6 is 0 Å². The minimum atomic E-state index is -0.510. The highest BCUT2D eigenvalue weighted by molar-refractivity contribution is 5.82. The van der Waals surface area contributed by atoms with Crippen LogP contribution in [0.3, 0.4) is 0 Å². The van der Waals surface area contributed by atoms with Crippen molar-refractivity contribution in [2.45, 2.75) is 0 Å². The number of aromatic nitrogens is 2. The molecule has 0 spiro atoms. The van der Waals surface area contributed by atoms with Gasteiger partial charge in [0.1, 0.15) is 5.82 Å². The largest absolute Gasteiger partial charge is 0.453 e. The Morgan fingerprint density at radius 1 is 1.90 bits per heavy atom. The molecule has 5 nitrogen and oxygen atoms in total. The first-order valence-electron chi connectivity index (χ1n) is 2.66. The third kappa shape index (κ3) is 1.48. The minimum absolute atomic E-state index is 0.510. The van der Waals surface area contributed by atoms with Crippen molar-refractivity contribution in [3.8, 4) is 0 Å². The Kier molecular flexibility index (Phi) is 1.89. The summed E-state index contributed by atoms with van der Waals surface area (Å²) in [4.78, 5) is 16.9. The quantitative estimate of drug-likeness (QED) is 0.601. The molecule has 0 saturated heterocycles. The van der Waals surface area contributed by atoms with Crippen LogP contribution < -0.4 is 5.32 Å². The van der Waals surface area contributed by atoms with Gasteiger partial charge in [0.05, 0.1) is 19.6 Å². The van der Waals surface area contributed by atoms with Crippen LogP contribution in [0, 0.1) is 0 Å². The highest BCUT2D eigenvalue weighted by Gasteiger charge is 1.98. The van der Waals surface area contributed by atoms with Crippen LogP contribution in [0.15, 0.2) is 12.5 Å². The van der Waals surface area contributed by atoms with E-state index in [1.54, 1.807) is 0 Å². The molecule has 1 aromatic heterocycles. The normalized spacial score (nSPS) is 8.90. The zero-order chi connectivity index (χ0) is 7.40. The summed E-state index contributed by atoms with van der Waals surface area (Å²) < 4.78 is 4.33. The van der Waals surface area contributed by atoms with Crippen LogP contribution in [-0.4, -0.2) is 23.2 Å². The van der Waals surface area contributed by atoms with Crippen LogP contribution in [0.25, 0.3) is 0 Å². The third-order valence-electron chi connectivity index (χ3n) is 0.920. The first-order chi connectivity index (χ1) is 4.83. The van der Waals surface area contributed by atoms with Gasteiger partial charge in [0.25, 0.3) is 0 Å². The Labute approximate surface area is 57.4 Å². The summed E-state index contributed by atoms with van der Waals surface area (Å²) in [6.07, 6.45) is 2.44. The van der Waals surface area contributed by atoms with Crippen LogP contribution in [0.1, 0.15) is 0 Å². The van der Waals surface area contributed by atoms with Crippen LogP contribution in [-0.2, 0) is 4.74 Å². The van der Waals surface area contributed by atoms with Crippen molar-refractivity contribution in [2.24, 2.45) is 0 Å². The predicted molar refractivity (Wildman–Crippen MR) is 34.6 cm³/mol. The molecule has 0 aliphatic heterocycles. The van der Waals surface area contributed by atoms with Crippen molar-refractivity contribution in [1.82, 2.24) is 9.97 Å². The lowest BCUT2D eigenvalue weighted by atomic mass is 10.7. The molecule has 0 bridgehead atoms. The van der Waals surface area contributed by atoms with E-state index < -0.39 is 6.09 Å². The average Bonchev–Trinajstić information content (AvgIpc) is 2.40. The number of carbonyl (C=O) groups excluding carboxylic acids is 1. The van der Waals surface area contributed by atoms with Gasteiger partial charge in [-0.2, -0.15) is 0 Å². The second-order valence-electron chi connectivity index (χ2n) is 1.58. The molecule has 1 rings (SSSR count). The van der Waals surface area contributed by atoms with E-state index in [2.05, 4.69) is 20.0 Å². The van der Waals surface area contributed by atoms with Gasteiger partial charge in [0.2, 0.25) is 0 Å². The first-order valence-corrected chi connectivity index (χ1v) is 2.66. The topological polar surface area (TPSA) is 67.0 Å². The Morgan fingerprint density at radius 2 is 2.70 bits per heavy atom. The van der Waals surface area contributed by atoms with Crippen LogP contribution in [0.2, 0.25) is 0 Å². The second kappa shape index (κ2) is 2.86. The van der Waals surface area contributed by atoms with Gasteiger partial charge >= 0.3 is 6.09 Å². The molecule has 2 N–H and O–H groups in total. The van der Waals surface area contributed by atoms with Crippen LogP contribution in [0.4, 0.5) is 10.6 Å². The molecule has 0 fully saturated rings. The summed E-state index contributed by atoms with van der Waals surface area (Å²) in [6.45, 7) is 0. The number of nitrogens with zero attached hydrogens (tertiary/aromatic N) is 1. The van der Waals surface area contributed by atoms with Gasteiger partial charge in [-0.3, -0.25) is 5.32 Å². The molecule has 10 heavy (non-hydrogen) atoms. The van der Waals surface area contributed by atoms with Crippen molar-refractivity contribution < 1.29 is 9.53 Å². The standard InChI is InChI=1S/C5H7N3O2/c1-10-5(9)8-4-2-6-3-7-4/h2-3H,1H3,(H,6,7)(H,8,9). The lowest BCUT2D eigenvalue weighted by molar-refractivity contribution is 0.187. The zero-order valence-corrected chi connectivity index (χ0v) is 5.42. The maximum absolute atomic E-state index is 10.5. The summed E-state index contributed by atoms with van der Waals surface area (Å²) >= 11 is 0. The molecule has 0 unspecified atom stereocenters. The lowest BCUT2D eigenvalue weighted by Gasteiger charge is -1.97. The fourth-order valence-electron chi connectivity index (χ4n) is 0.485. The number of imidazole rings is 1. The molecule has 0 atom stereocenters.